The van der Waals surface area contributed by atoms with Gasteiger partial charge in [-0.05, 0) is 36.6 Å². The first-order chi connectivity index (χ1) is 11.5. The van der Waals surface area contributed by atoms with Crippen LogP contribution in [0, 0.1) is 17.0 Å². The number of H-pyrrole nitrogens is 1. The summed E-state index contributed by atoms with van der Waals surface area (Å²) in [6.07, 6.45) is 0.181. The van der Waals surface area contributed by atoms with Gasteiger partial charge < -0.3 is 10.1 Å². The van der Waals surface area contributed by atoms with Gasteiger partial charge in [0, 0.05) is 12.1 Å². The molecule has 0 aliphatic rings. The predicted octanol–water partition coefficient (Wildman–Crippen LogP) is 4.07. The molecule has 1 aromatic heterocycles. The number of nitro benzene ring substituents is 1. The summed E-state index contributed by atoms with van der Waals surface area (Å²) in [5.41, 5.74) is 3.41. The third kappa shape index (κ3) is 2.74. The van der Waals surface area contributed by atoms with Crippen LogP contribution in [0.5, 0.6) is 0 Å². The number of benzene rings is 2. The van der Waals surface area contributed by atoms with Crippen molar-refractivity contribution in [1.29, 1.82) is 0 Å². The highest BCUT2D eigenvalue weighted by Crippen LogP contribution is 2.39. The zero-order valence-corrected chi connectivity index (χ0v) is 13.1. The van der Waals surface area contributed by atoms with Gasteiger partial charge in [0.25, 0.3) is 5.69 Å². The molecular formula is C18H16N2O4. The van der Waals surface area contributed by atoms with Crippen LogP contribution < -0.4 is 0 Å². The maximum absolute atomic E-state index is 11.8. The Morgan fingerprint density at radius 3 is 2.54 bits per heavy atom. The number of aryl methyl sites for hydroxylation is 2. The number of aromatic amines is 1. The fraction of sp³-hybridized carbons (Fsp3) is 0.167. The van der Waals surface area contributed by atoms with E-state index in [4.69, 9.17) is 5.11 Å². The van der Waals surface area contributed by atoms with Crippen LogP contribution in [0.25, 0.3) is 22.0 Å². The molecule has 6 heteroatoms. The van der Waals surface area contributed by atoms with Crippen LogP contribution in [0.1, 0.15) is 17.7 Å². The van der Waals surface area contributed by atoms with Crippen molar-refractivity contribution in [2.75, 3.05) is 0 Å². The smallest absolute Gasteiger partial charge is 0.303 e. The highest BCUT2D eigenvalue weighted by Gasteiger charge is 2.24. The van der Waals surface area contributed by atoms with E-state index in [9.17, 15) is 14.9 Å². The van der Waals surface area contributed by atoms with Gasteiger partial charge in [-0.2, -0.15) is 0 Å². The van der Waals surface area contributed by atoms with Gasteiger partial charge in [0.05, 0.1) is 21.4 Å². The number of fused-ring (bicyclic) bond motifs is 1. The zero-order valence-electron chi connectivity index (χ0n) is 13.1. The van der Waals surface area contributed by atoms with E-state index in [0.717, 1.165) is 11.3 Å². The average Bonchev–Trinajstić information content (AvgIpc) is 2.87. The molecule has 0 saturated heterocycles. The third-order valence-electron chi connectivity index (χ3n) is 4.11. The SMILES string of the molecule is Cc1[nH]c2ccc(-c3ccccc3)c([N+](=O)[O-])c2c1CCC(=O)O. The summed E-state index contributed by atoms with van der Waals surface area (Å²) in [4.78, 5) is 25.4. The fourth-order valence-corrected chi connectivity index (χ4v) is 3.05. The number of carboxylic acids is 1. The lowest BCUT2D eigenvalue weighted by Crippen LogP contribution is -1.99. The van der Waals surface area contributed by atoms with E-state index in [0.29, 0.717) is 22.0 Å². The largest absolute Gasteiger partial charge is 0.481 e. The molecule has 1 heterocycles. The first-order valence-corrected chi connectivity index (χ1v) is 7.54. The van der Waals surface area contributed by atoms with E-state index in [1.165, 1.54) is 0 Å². The van der Waals surface area contributed by atoms with E-state index in [1.807, 2.05) is 43.3 Å². The molecule has 0 spiro atoms. The highest BCUT2D eigenvalue weighted by atomic mass is 16.6. The molecule has 2 N–H and O–H groups in total. The second-order valence-corrected chi connectivity index (χ2v) is 5.63. The second kappa shape index (κ2) is 6.16. The Kier molecular flexibility index (Phi) is 4.04. The molecule has 0 aliphatic carbocycles. The van der Waals surface area contributed by atoms with Crippen LogP contribution in [0.2, 0.25) is 0 Å². The monoisotopic (exact) mass is 324 g/mol. The van der Waals surface area contributed by atoms with Crippen molar-refractivity contribution in [2.24, 2.45) is 0 Å². The number of aromatic nitrogens is 1. The van der Waals surface area contributed by atoms with Gasteiger partial charge in [-0.3, -0.25) is 14.9 Å². The number of aliphatic carboxylic acids is 1. The number of hydrogen-bond donors (Lipinski definition) is 2. The van der Waals surface area contributed by atoms with Crippen LogP contribution in [-0.2, 0) is 11.2 Å². The molecule has 122 valence electrons. The molecule has 0 aliphatic heterocycles. The first kappa shape index (κ1) is 15.7. The molecule has 24 heavy (non-hydrogen) atoms. The fourth-order valence-electron chi connectivity index (χ4n) is 3.05. The van der Waals surface area contributed by atoms with Gasteiger partial charge in [-0.25, -0.2) is 0 Å². The third-order valence-corrected chi connectivity index (χ3v) is 4.11. The number of nitrogens with one attached hydrogen (secondary N) is 1. The van der Waals surface area contributed by atoms with Crippen molar-refractivity contribution in [3.8, 4) is 11.1 Å². The van der Waals surface area contributed by atoms with E-state index in [-0.39, 0.29) is 23.5 Å². The summed E-state index contributed by atoms with van der Waals surface area (Å²) >= 11 is 0. The normalized spacial score (nSPS) is 10.9. The van der Waals surface area contributed by atoms with Crippen LogP contribution in [0.4, 0.5) is 5.69 Å². The Morgan fingerprint density at radius 1 is 1.21 bits per heavy atom. The lowest BCUT2D eigenvalue weighted by molar-refractivity contribution is -0.382. The first-order valence-electron chi connectivity index (χ1n) is 7.54. The molecule has 0 fully saturated rings. The number of carboxylic acid groups (broad SMARTS) is 1. The van der Waals surface area contributed by atoms with Crippen molar-refractivity contribution in [2.45, 2.75) is 19.8 Å². The number of carbonyl (C=O) groups is 1. The summed E-state index contributed by atoms with van der Waals surface area (Å²) in [6.45, 7) is 1.81. The summed E-state index contributed by atoms with van der Waals surface area (Å²) in [5.74, 6) is -0.925. The number of nitro groups is 1. The topological polar surface area (TPSA) is 96.2 Å². The Morgan fingerprint density at radius 2 is 1.92 bits per heavy atom. The van der Waals surface area contributed by atoms with Crippen molar-refractivity contribution >= 4 is 22.6 Å². The van der Waals surface area contributed by atoms with E-state index >= 15 is 0 Å². The molecular weight excluding hydrogens is 308 g/mol. The van der Waals surface area contributed by atoms with E-state index < -0.39 is 5.97 Å². The minimum atomic E-state index is -0.925. The molecule has 0 atom stereocenters. The summed E-state index contributed by atoms with van der Waals surface area (Å²) < 4.78 is 0. The Bertz CT molecular complexity index is 929. The van der Waals surface area contributed by atoms with Crippen LogP contribution in [0.15, 0.2) is 42.5 Å². The molecule has 6 nitrogen and oxygen atoms in total. The lowest BCUT2D eigenvalue weighted by atomic mass is 9.97. The van der Waals surface area contributed by atoms with Gasteiger partial charge in [-0.1, -0.05) is 30.3 Å². The Balaban J connectivity index is 2.29. The molecule has 0 unspecified atom stereocenters. The summed E-state index contributed by atoms with van der Waals surface area (Å²) in [5, 5.41) is 21.2. The number of rotatable bonds is 5. The maximum Gasteiger partial charge on any atom is 0.303 e. The maximum atomic E-state index is 11.8. The van der Waals surface area contributed by atoms with Crippen LogP contribution >= 0.6 is 0 Å². The number of hydrogen-bond acceptors (Lipinski definition) is 3. The van der Waals surface area contributed by atoms with Crippen molar-refractivity contribution < 1.29 is 14.8 Å². The molecule has 3 aromatic rings. The quantitative estimate of drug-likeness (QED) is 0.546. The molecule has 2 aromatic carbocycles. The van der Waals surface area contributed by atoms with Crippen molar-refractivity contribution in [3.63, 3.8) is 0 Å². The van der Waals surface area contributed by atoms with Crippen molar-refractivity contribution in [3.05, 3.63) is 63.8 Å². The van der Waals surface area contributed by atoms with Gasteiger partial charge in [0.15, 0.2) is 0 Å². The average molecular weight is 324 g/mol. The van der Waals surface area contributed by atoms with Crippen molar-refractivity contribution in [1.82, 2.24) is 4.98 Å². The van der Waals surface area contributed by atoms with Crippen LogP contribution in [-0.4, -0.2) is 21.0 Å². The molecule has 0 amide bonds. The zero-order chi connectivity index (χ0) is 17.3. The van der Waals surface area contributed by atoms with Gasteiger partial charge in [-0.15, -0.1) is 0 Å². The molecule has 0 radical (unpaired) electrons. The Labute approximate surface area is 137 Å². The standard InChI is InChI=1S/C18H16N2O4/c1-11-13(8-10-16(21)22)17-15(19-11)9-7-14(18(17)20(23)24)12-5-3-2-4-6-12/h2-7,9,19H,8,10H2,1H3,(H,21,22). The highest BCUT2D eigenvalue weighted by molar-refractivity contribution is 6.00. The van der Waals surface area contributed by atoms with Crippen LogP contribution in [0.3, 0.4) is 0 Å². The summed E-state index contributed by atoms with van der Waals surface area (Å²) in [7, 11) is 0. The minimum absolute atomic E-state index is 0.0171. The molecule has 3 rings (SSSR count). The van der Waals surface area contributed by atoms with Gasteiger partial charge in [0.2, 0.25) is 0 Å². The Hall–Kier alpha value is -3.15. The second-order valence-electron chi connectivity index (χ2n) is 5.63. The molecule has 0 bridgehead atoms. The van der Waals surface area contributed by atoms with Gasteiger partial charge in [0.1, 0.15) is 0 Å². The number of nitrogens with zero attached hydrogens (tertiary/aromatic N) is 1. The minimum Gasteiger partial charge on any atom is -0.481 e. The van der Waals surface area contributed by atoms with Gasteiger partial charge >= 0.3 is 5.97 Å². The summed E-state index contributed by atoms with van der Waals surface area (Å²) in [6, 6.07) is 12.7. The van der Waals surface area contributed by atoms with E-state index in [2.05, 4.69) is 4.98 Å². The molecule has 0 saturated carbocycles. The predicted molar refractivity (Wildman–Crippen MR) is 91.1 cm³/mol. The lowest BCUT2D eigenvalue weighted by Gasteiger charge is -2.06. The van der Waals surface area contributed by atoms with E-state index in [1.54, 1.807) is 6.07 Å².